The molecule has 0 N–H and O–H groups in total. The number of rotatable bonds is 2. The minimum absolute atomic E-state index is 0.173. The third-order valence-corrected chi connectivity index (χ3v) is 4.23. The Bertz CT molecular complexity index is 420. The molecule has 0 aromatic heterocycles. The van der Waals surface area contributed by atoms with Gasteiger partial charge in [0.25, 0.3) is 0 Å². The van der Waals surface area contributed by atoms with Crippen LogP contribution < -0.4 is 0 Å². The zero-order valence-electron chi connectivity index (χ0n) is 9.80. The molecule has 0 heterocycles. The van der Waals surface area contributed by atoms with Crippen LogP contribution in [0.2, 0.25) is 0 Å². The Hall–Kier alpha value is -1.58. The lowest BCUT2D eigenvalue weighted by Crippen LogP contribution is -2.41. The Kier molecular flexibility index (Phi) is 2.15. The van der Waals surface area contributed by atoms with E-state index in [2.05, 4.69) is 12.2 Å². The Morgan fingerprint density at radius 2 is 1.41 bits per heavy atom. The predicted molar refractivity (Wildman–Crippen MR) is 58.8 cm³/mol. The molecule has 4 nitrogen and oxygen atoms in total. The number of carbonyl (C=O) groups excluding carboxylic acids is 2. The molecule has 90 valence electrons. The van der Waals surface area contributed by atoms with E-state index in [1.54, 1.807) is 0 Å². The van der Waals surface area contributed by atoms with Gasteiger partial charge in [-0.05, 0) is 18.3 Å². The Morgan fingerprint density at radius 3 is 1.76 bits per heavy atom. The van der Waals surface area contributed by atoms with Gasteiger partial charge in [-0.25, -0.2) is 9.59 Å². The van der Waals surface area contributed by atoms with Crippen LogP contribution in [0.4, 0.5) is 0 Å². The molecule has 2 bridgehead atoms. The lowest BCUT2D eigenvalue weighted by molar-refractivity contribution is -0.142. The summed E-state index contributed by atoms with van der Waals surface area (Å²) >= 11 is 0. The van der Waals surface area contributed by atoms with Gasteiger partial charge in [-0.3, -0.25) is 0 Å². The lowest BCUT2D eigenvalue weighted by atomic mass is 9.63. The minimum Gasteiger partial charge on any atom is -0.466 e. The molecular formula is C13H14O4. The van der Waals surface area contributed by atoms with Crippen molar-refractivity contribution in [3.8, 4) is 0 Å². The maximum atomic E-state index is 11.7. The first-order chi connectivity index (χ1) is 8.19. The number of fused-ring (bicyclic) bond motifs is 5. The summed E-state index contributed by atoms with van der Waals surface area (Å²) in [6.45, 7) is 0. The largest absolute Gasteiger partial charge is 0.466 e. The summed E-state index contributed by atoms with van der Waals surface area (Å²) in [7, 11) is 2.70. The Morgan fingerprint density at radius 1 is 1.00 bits per heavy atom. The fraction of sp³-hybridized carbons (Fsp3) is 0.538. The highest BCUT2D eigenvalue weighted by Crippen LogP contribution is 2.61. The van der Waals surface area contributed by atoms with Gasteiger partial charge in [-0.2, -0.15) is 0 Å². The highest BCUT2D eigenvalue weighted by Gasteiger charge is 2.59. The second kappa shape index (κ2) is 3.45. The summed E-state index contributed by atoms with van der Waals surface area (Å²) in [5.41, 5.74) is 1.09. The normalized spacial score (nSPS) is 36.6. The van der Waals surface area contributed by atoms with E-state index >= 15 is 0 Å². The van der Waals surface area contributed by atoms with Crippen molar-refractivity contribution < 1.29 is 19.1 Å². The molecule has 3 rings (SSSR count). The number of hydrogen-bond donors (Lipinski definition) is 0. The second-order valence-electron chi connectivity index (χ2n) is 4.81. The molecule has 0 radical (unpaired) electrons. The maximum Gasteiger partial charge on any atom is 0.334 e. The van der Waals surface area contributed by atoms with Crippen LogP contribution in [-0.2, 0) is 19.1 Å². The van der Waals surface area contributed by atoms with Crippen molar-refractivity contribution in [2.75, 3.05) is 14.2 Å². The van der Waals surface area contributed by atoms with Crippen LogP contribution >= 0.6 is 0 Å². The number of hydrogen-bond acceptors (Lipinski definition) is 4. The fourth-order valence-electron chi connectivity index (χ4n) is 3.58. The number of carbonyl (C=O) groups is 2. The number of methoxy groups -OCH3 is 2. The molecule has 0 spiro atoms. The quantitative estimate of drug-likeness (QED) is 0.530. The van der Waals surface area contributed by atoms with Crippen molar-refractivity contribution in [3.05, 3.63) is 23.3 Å². The van der Waals surface area contributed by atoms with Crippen molar-refractivity contribution in [3.63, 3.8) is 0 Å². The molecule has 4 atom stereocenters. The molecule has 0 saturated heterocycles. The molecule has 1 saturated carbocycles. The van der Waals surface area contributed by atoms with E-state index in [1.807, 2.05) is 0 Å². The molecule has 3 aliphatic rings. The van der Waals surface area contributed by atoms with E-state index in [1.165, 1.54) is 14.2 Å². The predicted octanol–water partition coefficient (Wildman–Crippen LogP) is 1.08. The van der Waals surface area contributed by atoms with Crippen LogP contribution in [0, 0.1) is 23.7 Å². The fourth-order valence-corrected chi connectivity index (χ4v) is 3.58. The van der Waals surface area contributed by atoms with Gasteiger partial charge in [-0.15, -0.1) is 0 Å². The zero-order valence-corrected chi connectivity index (χ0v) is 9.80. The molecule has 3 aliphatic carbocycles. The van der Waals surface area contributed by atoms with Crippen LogP contribution in [0.3, 0.4) is 0 Å². The molecule has 1 fully saturated rings. The highest BCUT2D eigenvalue weighted by molar-refractivity contribution is 6.04. The molecule has 17 heavy (non-hydrogen) atoms. The molecule has 0 aromatic rings. The molecule has 0 amide bonds. The molecule has 4 heteroatoms. The van der Waals surface area contributed by atoms with Crippen molar-refractivity contribution in [2.24, 2.45) is 23.7 Å². The Labute approximate surface area is 99.3 Å². The summed E-state index contributed by atoms with van der Waals surface area (Å²) in [5.74, 6) is 0.373. The summed E-state index contributed by atoms with van der Waals surface area (Å²) in [5, 5.41) is 0. The topological polar surface area (TPSA) is 52.6 Å². The summed E-state index contributed by atoms with van der Waals surface area (Å²) in [4.78, 5) is 23.5. The van der Waals surface area contributed by atoms with Crippen molar-refractivity contribution >= 4 is 11.9 Å². The smallest absolute Gasteiger partial charge is 0.334 e. The van der Waals surface area contributed by atoms with Crippen LogP contribution in [-0.4, -0.2) is 26.2 Å². The first-order valence-corrected chi connectivity index (χ1v) is 5.78. The first kappa shape index (κ1) is 10.6. The molecule has 0 aliphatic heterocycles. The number of ether oxygens (including phenoxy) is 2. The van der Waals surface area contributed by atoms with Gasteiger partial charge in [0.1, 0.15) is 0 Å². The monoisotopic (exact) mass is 234 g/mol. The van der Waals surface area contributed by atoms with Gasteiger partial charge >= 0.3 is 11.9 Å². The molecular weight excluding hydrogens is 220 g/mol. The Balaban J connectivity index is 2.01. The number of esters is 2. The van der Waals surface area contributed by atoms with Crippen LogP contribution in [0.5, 0.6) is 0 Å². The average Bonchev–Trinajstić information content (AvgIpc) is 2.86. The van der Waals surface area contributed by atoms with Crippen LogP contribution in [0.15, 0.2) is 23.3 Å². The minimum atomic E-state index is -0.382. The standard InChI is InChI=1S/C13H14O4/c1-16-12(14)10-8-6-3-4-7(5-6)9(8)11(10)13(15)17-2/h3-4,6-9H,5H2,1-2H3/t6-,7-,8-,9+/m0/s1. The van der Waals surface area contributed by atoms with Crippen molar-refractivity contribution in [1.82, 2.24) is 0 Å². The van der Waals surface area contributed by atoms with Crippen LogP contribution in [0.1, 0.15) is 6.42 Å². The van der Waals surface area contributed by atoms with E-state index in [-0.39, 0.29) is 23.8 Å². The van der Waals surface area contributed by atoms with E-state index in [9.17, 15) is 9.59 Å². The SMILES string of the molecule is COC(=O)C1=C(C(=O)OC)[C@H]2[C@@H]1[C@H]1C=C[C@H]2C1. The van der Waals surface area contributed by atoms with Crippen LogP contribution in [0.25, 0.3) is 0 Å². The van der Waals surface area contributed by atoms with Crippen molar-refractivity contribution in [1.29, 1.82) is 0 Å². The third-order valence-electron chi connectivity index (χ3n) is 4.23. The van der Waals surface area contributed by atoms with Gasteiger partial charge in [0.15, 0.2) is 0 Å². The molecule has 0 aromatic carbocycles. The number of allylic oxidation sites excluding steroid dienone is 2. The molecule has 0 unspecified atom stereocenters. The third kappa shape index (κ3) is 1.18. The first-order valence-electron chi connectivity index (χ1n) is 5.78. The summed E-state index contributed by atoms with van der Waals surface area (Å²) in [6.07, 6.45) is 5.35. The van der Waals surface area contributed by atoms with Crippen molar-refractivity contribution in [2.45, 2.75) is 6.42 Å². The highest BCUT2D eigenvalue weighted by atomic mass is 16.5. The van der Waals surface area contributed by atoms with E-state index in [4.69, 9.17) is 9.47 Å². The van der Waals surface area contributed by atoms with E-state index in [0.29, 0.717) is 23.0 Å². The van der Waals surface area contributed by atoms with Gasteiger partial charge in [0, 0.05) is 11.8 Å². The lowest BCUT2D eigenvalue weighted by Gasteiger charge is -2.40. The van der Waals surface area contributed by atoms with Gasteiger partial charge in [0.2, 0.25) is 0 Å². The zero-order chi connectivity index (χ0) is 12.2. The summed E-state index contributed by atoms with van der Waals surface area (Å²) in [6, 6.07) is 0. The second-order valence-corrected chi connectivity index (χ2v) is 4.81. The van der Waals surface area contributed by atoms with Gasteiger partial charge in [0.05, 0.1) is 25.4 Å². The van der Waals surface area contributed by atoms with E-state index < -0.39 is 0 Å². The average molecular weight is 234 g/mol. The van der Waals surface area contributed by atoms with Gasteiger partial charge in [-0.1, -0.05) is 12.2 Å². The maximum absolute atomic E-state index is 11.7. The summed E-state index contributed by atoms with van der Waals surface area (Å²) < 4.78 is 9.53. The van der Waals surface area contributed by atoms with E-state index in [0.717, 1.165) is 6.42 Å². The van der Waals surface area contributed by atoms with Gasteiger partial charge < -0.3 is 9.47 Å².